The molecule has 0 heterocycles. The number of aliphatic hydroxyl groups is 1. The lowest BCUT2D eigenvalue weighted by molar-refractivity contribution is -0.116. The van der Waals surface area contributed by atoms with Crippen molar-refractivity contribution in [2.75, 3.05) is 5.32 Å². The summed E-state index contributed by atoms with van der Waals surface area (Å²) < 4.78 is 13.6. The molecule has 0 saturated carbocycles. The second kappa shape index (κ2) is 6.29. The van der Waals surface area contributed by atoms with Crippen molar-refractivity contribution in [2.45, 2.75) is 32.8 Å². The van der Waals surface area contributed by atoms with E-state index >= 15 is 0 Å². The van der Waals surface area contributed by atoms with Gasteiger partial charge in [0.1, 0.15) is 5.82 Å². The summed E-state index contributed by atoms with van der Waals surface area (Å²) in [7, 11) is 0. The van der Waals surface area contributed by atoms with E-state index in [9.17, 15) is 14.0 Å². The van der Waals surface area contributed by atoms with Crippen molar-refractivity contribution < 1.29 is 19.1 Å². The van der Waals surface area contributed by atoms with Gasteiger partial charge < -0.3 is 16.2 Å². The van der Waals surface area contributed by atoms with E-state index in [0.29, 0.717) is 6.42 Å². The van der Waals surface area contributed by atoms with Crippen molar-refractivity contribution in [3.63, 3.8) is 0 Å². The highest BCUT2D eigenvalue weighted by molar-refractivity contribution is 5.97. The van der Waals surface area contributed by atoms with Crippen LogP contribution in [-0.2, 0) is 4.79 Å². The van der Waals surface area contributed by atoms with Gasteiger partial charge in [-0.25, -0.2) is 4.39 Å². The molecule has 2 amide bonds. The number of hydrogen-bond acceptors (Lipinski definition) is 3. The normalized spacial score (nSPS) is 12.0. The fraction of sp³-hybridized carbons (Fsp3) is 0.385. The highest BCUT2D eigenvalue weighted by Crippen LogP contribution is 2.21. The average Bonchev–Trinajstić information content (AvgIpc) is 2.31. The molecule has 4 N–H and O–H groups in total. The summed E-state index contributed by atoms with van der Waals surface area (Å²) in [6, 6.07) is 2.37. The summed E-state index contributed by atoms with van der Waals surface area (Å²) >= 11 is 0. The number of benzene rings is 1. The molecular weight excluding hydrogens is 251 g/mol. The van der Waals surface area contributed by atoms with Crippen LogP contribution >= 0.6 is 0 Å². The zero-order valence-electron chi connectivity index (χ0n) is 10.9. The molecule has 0 bridgehead atoms. The van der Waals surface area contributed by atoms with Crippen LogP contribution in [0.15, 0.2) is 12.1 Å². The number of primary amides is 1. The van der Waals surface area contributed by atoms with Gasteiger partial charge in [-0.2, -0.15) is 0 Å². The van der Waals surface area contributed by atoms with Crippen molar-refractivity contribution in [1.82, 2.24) is 0 Å². The predicted molar refractivity (Wildman–Crippen MR) is 69.2 cm³/mol. The Balaban J connectivity index is 2.88. The van der Waals surface area contributed by atoms with E-state index in [4.69, 9.17) is 10.8 Å². The Morgan fingerprint density at radius 2 is 2.11 bits per heavy atom. The number of carbonyl (C=O) groups excluding carboxylic acids is 2. The largest absolute Gasteiger partial charge is 0.393 e. The maximum atomic E-state index is 13.6. The standard InChI is InChI=1S/C13H17FN2O3/c1-7(17)3-4-12(18)16-11-6-9(13(15)19)5-10(14)8(11)2/h5-7,17H,3-4H2,1-2H3,(H2,15,19)(H,16,18). The number of amides is 2. The lowest BCUT2D eigenvalue weighted by atomic mass is 10.1. The summed E-state index contributed by atoms with van der Waals surface area (Å²) in [6.07, 6.45) is -0.164. The Kier molecular flexibility index (Phi) is 5.00. The van der Waals surface area contributed by atoms with Gasteiger partial charge in [0.2, 0.25) is 11.8 Å². The van der Waals surface area contributed by atoms with Crippen LogP contribution < -0.4 is 11.1 Å². The minimum absolute atomic E-state index is 0.00562. The molecular formula is C13H17FN2O3. The zero-order chi connectivity index (χ0) is 14.6. The van der Waals surface area contributed by atoms with Gasteiger partial charge >= 0.3 is 0 Å². The first-order valence-electron chi connectivity index (χ1n) is 5.89. The molecule has 19 heavy (non-hydrogen) atoms. The first kappa shape index (κ1) is 15.1. The lowest BCUT2D eigenvalue weighted by Crippen LogP contribution is -2.17. The SMILES string of the molecule is Cc1c(F)cc(C(N)=O)cc1NC(=O)CCC(C)O. The Labute approximate surface area is 110 Å². The van der Waals surface area contributed by atoms with E-state index in [0.717, 1.165) is 6.07 Å². The molecule has 0 spiro atoms. The molecule has 104 valence electrons. The van der Waals surface area contributed by atoms with Gasteiger partial charge in [-0.15, -0.1) is 0 Å². The van der Waals surface area contributed by atoms with Gasteiger partial charge in [0, 0.05) is 23.2 Å². The number of carbonyl (C=O) groups is 2. The van der Waals surface area contributed by atoms with Crippen LogP contribution in [0.25, 0.3) is 0 Å². The molecule has 1 aromatic rings. The maximum absolute atomic E-state index is 13.6. The van der Waals surface area contributed by atoms with E-state index in [2.05, 4.69) is 5.32 Å². The maximum Gasteiger partial charge on any atom is 0.248 e. The molecule has 1 atom stereocenters. The summed E-state index contributed by atoms with van der Waals surface area (Å²) in [4.78, 5) is 22.6. The molecule has 1 rings (SSSR count). The number of hydrogen-bond donors (Lipinski definition) is 3. The molecule has 6 heteroatoms. The number of rotatable bonds is 5. The minimum Gasteiger partial charge on any atom is -0.393 e. The fourth-order valence-corrected chi connectivity index (χ4v) is 1.50. The van der Waals surface area contributed by atoms with Crippen molar-refractivity contribution in [2.24, 2.45) is 5.73 Å². The van der Waals surface area contributed by atoms with Crippen LogP contribution in [-0.4, -0.2) is 23.0 Å². The van der Waals surface area contributed by atoms with E-state index in [-0.39, 0.29) is 29.1 Å². The molecule has 0 radical (unpaired) electrons. The second-order valence-electron chi connectivity index (χ2n) is 4.43. The zero-order valence-corrected chi connectivity index (χ0v) is 10.9. The van der Waals surface area contributed by atoms with Crippen molar-refractivity contribution in [3.8, 4) is 0 Å². The molecule has 0 fully saturated rings. The van der Waals surface area contributed by atoms with Crippen LogP contribution in [0.3, 0.4) is 0 Å². The monoisotopic (exact) mass is 268 g/mol. The fourth-order valence-electron chi connectivity index (χ4n) is 1.50. The predicted octanol–water partition coefficient (Wildman–Crippen LogP) is 1.33. The highest BCUT2D eigenvalue weighted by Gasteiger charge is 2.13. The summed E-state index contributed by atoms with van der Waals surface area (Å²) in [5.41, 5.74) is 5.52. The molecule has 0 aliphatic heterocycles. The van der Waals surface area contributed by atoms with E-state index < -0.39 is 17.8 Å². The first-order valence-corrected chi connectivity index (χ1v) is 5.89. The molecule has 0 aliphatic carbocycles. The molecule has 1 aromatic carbocycles. The van der Waals surface area contributed by atoms with Gasteiger partial charge in [-0.3, -0.25) is 9.59 Å². The highest BCUT2D eigenvalue weighted by atomic mass is 19.1. The first-order chi connectivity index (χ1) is 8.81. The van der Waals surface area contributed by atoms with Gasteiger partial charge in [-0.05, 0) is 32.4 Å². The summed E-state index contributed by atoms with van der Waals surface area (Å²) in [5.74, 6) is -1.73. The number of aliphatic hydroxyl groups excluding tert-OH is 1. The number of anilines is 1. The van der Waals surface area contributed by atoms with Crippen LogP contribution in [0.5, 0.6) is 0 Å². The second-order valence-corrected chi connectivity index (χ2v) is 4.43. The number of nitrogens with two attached hydrogens (primary N) is 1. The molecule has 5 nitrogen and oxygen atoms in total. The lowest BCUT2D eigenvalue weighted by Gasteiger charge is -2.11. The van der Waals surface area contributed by atoms with Crippen LogP contribution in [0.4, 0.5) is 10.1 Å². The van der Waals surface area contributed by atoms with Crippen LogP contribution in [0.1, 0.15) is 35.7 Å². The Hall–Kier alpha value is -1.95. The van der Waals surface area contributed by atoms with E-state index in [1.807, 2.05) is 0 Å². The van der Waals surface area contributed by atoms with Crippen molar-refractivity contribution in [1.29, 1.82) is 0 Å². The average molecular weight is 268 g/mol. The quantitative estimate of drug-likeness (QED) is 0.752. The van der Waals surface area contributed by atoms with Crippen molar-refractivity contribution in [3.05, 3.63) is 29.1 Å². The Morgan fingerprint density at radius 3 is 2.63 bits per heavy atom. The molecule has 1 unspecified atom stereocenters. The van der Waals surface area contributed by atoms with Gasteiger partial charge in [0.15, 0.2) is 0 Å². The molecule has 0 aromatic heterocycles. The Bertz CT molecular complexity index is 501. The Morgan fingerprint density at radius 1 is 1.47 bits per heavy atom. The molecule has 0 saturated heterocycles. The summed E-state index contributed by atoms with van der Waals surface area (Å²) in [5, 5.41) is 11.6. The van der Waals surface area contributed by atoms with Gasteiger partial charge in [0.25, 0.3) is 0 Å². The third kappa shape index (κ3) is 4.33. The van der Waals surface area contributed by atoms with Crippen molar-refractivity contribution >= 4 is 17.5 Å². The number of nitrogens with one attached hydrogen (secondary N) is 1. The third-order valence-electron chi connectivity index (χ3n) is 2.69. The smallest absolute Gasteiger partial charge is 0.248 e. The van der Waals surface area contributed by atoms with Crippen LogP contribution in [0, 0.1) is 12.7 Å². The van der Waals surface area contributed by atoms with E-state index in [1.54, 1.807) is 6.92 Å². The van der Waals surface area contributed by atoms with Gasteiger partial charge in [0.05, 0.1) is 6.10 Å². The molecule has 0 aliphatic rings. The van der Waals surface area contributed by atoms with Crippen LogP contribution in [0.2, 0.25) is 0 Å². The number of halogens is 1. The topological polar surface area (TPSA) is 92.4 Å². The minimum atomic E-state index is -0.765. The third-order valence-corrected chi connectivity index (χ3v) is 2.69. The summed E-state index contributed by atoms with van der Waals surface area (Å²) in [6.45, 7) is 3.07. The van der Waals surface area contributed by atoms with E-state index in [1.165, 1.54) is 13.0 Å². The van der Waals surface area contributed by atoms with Gasteiger partial charge in [-0.1, -0.05) is 0 Å².